The van der Waals surface area contributed by atoms with Gasteiger partial charge >= 0.3 is 0 Å². The Balaban J connectivity index is 1.25. The largest absolute Gasteiger partial charge is 0.305 e. The Morgan fingerprint density at radius 3 is 0.984 bits per heavy atom. The summed E-state index contributed by atoms with van der Waals surface area (Å²) >= 11 is 0. The van der Waals surface area contributed by atoms with Gasteiger partial charge in [-0.2, -0.15) is 5.26 Å². The second kappa shape index (κ2) is 14.3. The van der Waals surface area contributed by atoms with Crippen molar-refractivity contribution in [1.82, 2.24) is 9.13 Å². The molecule has 0 amide bonds. The highest BCUT2D eigenvalue weighted by Crippen LogP contribution is 2.44. The molecule has 0 fully saturated rings. The predicted molar refractivity (Wildman–Crippen MR) is 241 cm³/mol. The van der Waals surface area contributed by atoms with Crippen LogP contribution in [0.15, 0.2) is 194 Å². The minimum atomic E-state index is -1.67. The highest BCUT2D eigenvalue weighted by molar-refractivity contribution is 6.13. The van der Waals surface area contributed by atoms with Gasteiger partial charge in [-0.05, 0) is 80.9 Å². The lowest BCUT2D eigenvalue weighted by Gasteiger charge is -2.19. The second-order valence-corrected chi connectivity index (χ2v) is 15.2. The molecule has 0 radical (unpaired) electrons. The number of nitriles is 1. The van der Waals surface area contributed by atoms with Crippen LogP contribution in [-0.4, -0.2) is 9.13 Å². The van der Waals surface area contributed by atoms with E-state index in [1.54, 1.807) is 9.13 Å². The van der Waals surface area contributed by atoms with Gasteiger partial charge in [-0.3, -0.25) is 0 Å². The summed E-state index contributed by atoms with van der Waals surface area (Å²) in [6.45, 7) is 0. The minimum absolute atomic E-state index is 0.344. The molecule has 9 aromatic carbocycles. The van der Waals surface area contributed by atoms with E-state index in [0.717, 1.165) is 66.1 Å². The first-order valence-corrected chi connectivity index (χ1v) is 20.0. The topological polar surface area (TPSA) is 33.6 Å². The summed E-state index contributed by atoms with van der Waals surface area (Å²) in [6.07, 6.45) is 0. The molecule has 3 nitrogen and oxygen atoms in total. The van der Waals surface area contributed by atoms with Crippen molar-refractivity contribution >= 4 is 43.6 Å². The number of hydrogen-bond donors (Lipinski definition) is 0. The van der Waals surface area contributed by atoms with Crippen LogP contribution < -0.4 is 0 Å². The van der Waals surface area contributed by atoms with Crippen LogP contribution in [0.2, 0.25) is 0 Å². The first kappa shape index (κ1) is 36.0. The predicted octanol–water partition coefficient (Wildman–Crippen LogP) is 14.8. The Hall–Kier alpha value is -8.14. The number of fused-ring (bicyclic) bond motifs is 6. The zero-order valence-corrected chi connectivity index (χ0v) is 32.5. The van der Waals surface area contributed by atoms with Crippen molar-refractivity contribution < 1.29 is 13.2 Å². The maximum Gasteiger partial charge on any atom is 0.198 e. The fourth-order valence-electron chi connectivity index (χ4n) is 8.93. The summed E-state index contributed by atoms with van der Waals surface area (Å²) in [5, 5.41) is 14.3. The minimum Gasteiger partial charge on any atom is -0.305 e. The van der Waals surface area contributed by atoms with Crippen LogP contribution in [0.4, 0.5) is 13.2 Å². The maximum atomic E-state index is 17.1. The SMILES string of the molecule is N#Cc1c(-n2c3ccc(-c4ccccc4)cc3c3ccc(-c4ccccc4)cc32)c(F)c(F)c(F)c1-n1c2ccc(-c3ccccc3)cc2c2ccc(-c3ccccc3)cc21. The Labute approximate surface area is 349 Å². The zero-order chi connectivity index (χ0) is 41.2. The number of nitrogens with zero attached hydrogens (tertiary/aromatic N) is 3. The molecule has 11 aromatic rings. The number of hydrogen-bond acceptors (Lipinski definition) is 1. The van der Waals surface area contributed by atoms with Gasteiger partial charge in [0, 0.05) is 21.5 Å². The van der Waals surface area contributed by atoms with E-state index >= 15 is 13.2 Å². The van der Waals surface area contributed by atoms with Gasteiger partial charge in [0.25, 0.3) is 0 Å². The standard InChI is InChI=1S/C55H32F3N3/c56-51-52(57)54(60-47-27-23-38(34-13-5-1-6-14-34)29-44(47)42-25-21-40(31-49(42)60)36-17-9-3-10-18-36)46(33-59)55(53(51)58)61-48-28-24-39(35-15-7-2-8-16-35)30-45(48)43-26-22-41(32-50(43)61)37-19-11-4-12-20-37/h1-32H. The number of rotatable bonds is 6. The van der Waals surface area contributed by atoms with Crippen LogP contribution in [0.25, 0.3) is 99.5 Å². The van der Waals surface area contributed by atoms with Gasteiger partial charge < -0.3 is 9.13 Å². The number of aromatic nitrogens is 2. The molecule has 288 valence electrons. The zero-order valence-electron chi connectivity index (χ0n) is 32.5. The molecular formula is C55H32F3N3. The third-order valence-corrected chi connectivity index (χ3v) is 11.8. The van der Waals surface area contributed by atoms with Crippen molar-refractivity contribution in [3.63, 3.8) is 0 Å². The van der Waals surface area contributed by atoms with E-state index in [-0.39, 0.29) is 16.9 Å². The molecule has 2 aromatic heterocycles. The van der Waals surface area contributed by atoms with E-state index in [0.29, 0.717) is 22.1 Å². The van der Waals surface area contributed by atoms with Gasteiger partial charge in [-0.15, -0.1) is 0 Å². The molecular weight excluding hydrogens is 760 g/mol. The fourth-order valence-corrected chi connectivity index (χ4v) is 8.93. The van der Waals surface area contributed by atoms with E-state index < -0.39 is 17.5 Å². The van der Waals surface area contributed by atoms with Crippen molar-refractivity contribution in [2.24, 2.45) is 0 Å². The van der Waals surface area contributed by atoms with E-state index in [9.17, 15) is 5.26 Å². The highest BCUT2D eigenvalue weighted by atomic mass is 19.2. The summed E-state index contributed by atoms with van der Waals surface area (Å²) in [7, 11) is 0. The third kappa shape index (κ3) is 5.74. The van der Waals surface area contributed by atoms with Crippen molar-refractivity contribution in [3.8, 4) is 62.0 Å². The van der Waals surface area contributed by atoms with Crippen LogP contribution in [-0.2, 0) is 0 Å². The second-order valence-electron chi connectivity index (χ2n) is 15.2. The molecule has 0 saturated carbocycles. The molecule has 0 aliphatic carbocycles. The first-order chi connectivity index (χ1) is 30.0. The van der Waals surface area contributed by atoms with Gasteiger partial charge in [-0.1, -0.05) is 158 Å². The molecule has 61 heavy (non-hydrogen) atoms. The molecule has 0 saturated heterocycles. The number of halogens is 3. The summed E-state index contributed by atoms with van der Waals surface area (Å²) in [5.74, 6) is -4.58. The van der Waals surface area contributed by atoms with Crippen molar-refractivity contribution in [1.29, 1.82) is 5.26 Å². The van der Waals surface area contributed by atoms with Crippen LogP contribution in [0.3, 0.4) is 0 Å². The maximum absolute atomic E-state index is 17.1. The molecule has 2 heterocycles. The quantitative estimate of drug-likeness (QED) is 0.154. The van der Waals surface area contributed by atoms with Gasteiger partial charge in [0.1, 0.15) is 23.0 Å². The lowest BCUT2D eigenvalue weighted by Crippen LogP contribution is -2.12. The van der Waals surface area contributed by atoms with Crippen LogP contribution >= 0.6 is 0 Å². The lowest BCUT2D eigenvalue weighted by atomic mass is 10.0. The van der Waals surface area contributed by atoms with Crippen molar-refractivity contribution in [3.05, 3.63) is 217 Å². The Morgan fingerprint density at radius 1 is 0.311 bits per heavy atom. The van der Waals surface area contributed by atoms with Crippen molar-refractivity contribution in [2.45, 2.75) is 0 Å². The van der Waals surface area contributed by atoms with Gasteiger partial charge in [0.2, 0.25) is 0 Å². The van der Waals surface area contributed by atoms with E-state index in [1.807, 2.05) is 194 Å². The number of benzene rings is 9. The molecule has 11 rings (SSSR count). The van der Waals surface area contributed by atoms with E-state index in [2.05, 4.69) is 6.07 Å². The Kier molecular flexibility index (Phi) is 8.43. The monoisotopic (exact) mass is 791 g/mol. The van der Waals surface area contributed by atoms with Gasteiger partial charge in [-0.25, -0.2) is 13.2 Å². The van der Waals surface area contributed by atoms with E-state index in [1.165, 1.54) is 0 Å². The summed E-state index contributed by atoms with van der Waals surface area (Å²) in [6, 6.07) is 65.0. The normalized spacial score (nSPS) is 11.5. The third-order valence-electron chi connectivity index (χ3n) is 11.8. The fraction of sp³-hybridized carbons (Fsp3) is 0. The van der Waals surface area contributed by atoms with Crippen LogP contribution in [0, 0.1) is 28.8 Å². The molecule has 6 heteroatoms. The average Bonchev–Trinajstić information content (AvgIpc) is 3.82. The van der Waals surface area contributed by atoms with Gasteiger partial charge in [0.05, 0.1) is 22.1 Å². The molecule has 0 unspecified atom stereocenters. The molecule has 0 atom stereocenters. The smallest absolute Gasteiger partial charge is 0.198 e. The molecule has 0 bridgehead atoms. The van der Waals surface area contributed by atoms with Crippen LogP contribution in [0.1, 0.15) is 5.56 Å². The summed E-state index contributed by atoms with van der Waals surface area (Å²) in [4.78, 5) is 0. The molecule has 0 aliphatic heterocycles. The summed E-state index contributed by atoms with van der Waals surface area (Å²) < 4.78 is 54.0. The first-order valence-electron chi connectivity index (χ1n) is 20.0. The summed E-state index contributed by atoms with van der Waals surface area (Å²) in [5.41, 5.74) is 8.42. The lowest BCUT2D eigenvalue weighted by molar-refractivity contribution is 0.443. The Morgan fingerprint density at radius 2 is 0.639 bits per heavy atom. The molecule has 0 N–H and O–H groups in total. The van der Waals surface area contributed by atoms with Crippen molar-refractivity contribution in [2.75, 3.05) is 0 Å². The highest BCUT2D eigenvalue weighted by Gasteiger charge is 2.31. The molecule has 0 aliphatic rings. The van der Waals surface area contributed by atoms with E-state index in [4.69, 9.17) is 0 Å². The van der Waals surface area contributed by atoms with Gasteiger partial charge in [0.15, 0.2) is 17.5 Å². The molecule has 0 spiro atoms. The van der Waals surface area contributed by atoms with Crippen LogP contribution in [0.5, 0.6) is 0 Å². The Bertz CT molecular complexity index is 3320. The average molecular weight is 792 g/mol.